The van der Waals surface area contributed by atoms with Crippen molar-refractivity contribution in [2.45, 2.75) is 20.8 Å². The average Bonchev–Trinajstić information content (AvgIpc) is 2.38. The number of hydrogen-bond acceptors (Lipinski definition) is 1. The van der Waals surface area contributed by atoms with Crippen LogP contribution in [0.1, 0.15) is 22.3 Å². The Bertz CT molecular complexity index is 582. The van der Waals surface area contributed by atoms with E-state index in [1.807, 2.05) is 12.1 Å². The fraction of sp³-hybridized carbons (Fsp3) is 0.176. The smallest absolute Gasteiger partial charge is 0.0490 e. The van der Waals surface area contributed by atoms with E-state index < -0.39 is 0 Å². The van der Waals surface area contributed by atoms with E-state index in [4.69, 9.17) is 0 Å². The Labute approximate surface area is 109 Å². The van der Waals surface area contributed by atoms with Gasteiger partial charge < -0.3 is 5.32 Å². The van der Waals surface area contributed by atoms with Gasteiger partial charge in [0.05, 0.1) is 0 Å². The van der Waals surface area contributed by atoms with E-state index in [1.54, 1.807) is 0 Å². The lowest BCUT2D eigenvalue weighted by atomic mass is 10.0. The summed E-state index contributed by atoms with van der Waals surface area (Å²) in [5.41, 5.74) is 7.25. The maximum atomic E-state index is 3.89. The minimum Gasteiger partial charge on any atom is -0.355 e. The molecule has 1 heteroatoms. The molecule has 1 N–H and O–H groups in total. The van der Waals surface area contributed by atoms with E-state index >= 15 is 0 Å². The van der Waals surface area contributed by atoms with Crippen molar-refractivity contribution < 1.29 is 0 Å². The summed E-state index contributed by atoms with van der Waals surface area (Å²) in [7, 11) is 0. The average molecular weight is 237 g/mol. The predicted octanol–water partition coefficient (Wildman–Crippen LogP) is 5.00. The Balaban J connectivity index is 2.49. The standard InChI is InChI=1S/C17H19N/c1-5-15-11-10-12(2)14(4)17(15)18-16-9-7-6-8-13(16)3/h5-11,18H,1H2,2-4H3. The molecular weight excluding hydrogens is 218 g/mol. The molecule has 0 aliphatic carbocycles. The Morgan fingerprint density at radius 1 is 0.944 bits per heavy atom. The van der Waals surface area contributed by atoms with Crippen LogP contribution in [0.3, 0.4) is 0 Å². The summed E-state index contributed by atoms with van der Waals surface area (Å²) in [5.74, 6) is 0. The fourth-order valence-corrected chi connectivity index (χ4v) is 2.02. The second-order valence-electron chi connectivity index (χ2n) is 4.62. The van der Waals surface area contributed by atoms with Gasteiger partial charge in [0.25, 0.3) is 0 Å². The number of para-hydroxylation sites is 1. The van der Waals surface area contributed by atoms with Crippen molar-refractivity contribution in [3.05, 3.63) is 65.2 Å². The molecule has 2 rings (SSSR count). The van der Waals surface area contributed by atoms with Crippen LogP contribution in [0.25, 0.3) is 6.08 Å². The van der Waals surface area contributed by atoms with Gasteiger partial charge in [-0.2, -0.15) is 0 Å². The molecule has 0 fully saturated rings. The molecule has 0 atom stereocenters. The summed E-state index contributed by atoms with van der Waals surface area (Å²) < 4.78 is 0. The van der Waals surface area contributed by atoms with Crippen molar-refractivity contribution in [1.82, 2.24) is 0 Å². The predicted molar refractivity (Wildman–Crippen MR) is 80.5 cm³/mol. The number of anilines is 2. The van der Waals surface area contributed by atoms with Gasteiger partial charge in [0.2, 0.25) is 0 Å². The van der Waals surface area contributed by atoms with Gasteiger partial charge in [-0.3, -0.25) is 0 Å². The van der Waals surface area contributed by atoms with Gasteiger partial charge in [0, 0.05) is 11.4 Å². The van der Waals surface area contributed by atoms with Crippen LogP contribution >= 0.6 is 0 Å². The van der Waals surface area contributed by atoms with E-state index in [9.17, 15) is 0 Å². The molecule has 18 heavy (non-hydrogen) atoms. The van der Waals surface area contributed by atoms with Crippen molar-refractivity contribution >= 4 is 17.5 Å². The third kappa shape index (κ3) is 2.30. The molecule has 0 bridgehead atoms. The summed E-state index contributed by atoms with van der Waals surface area (Å²) >= 11 is 0. The van der Waals surface area contributed by atoms with Crippen molar-refractivity contribution in [3.63, 3.8) is 0 Å². The molecule has 0 saturated carbocycles. The third-order valence-corrected chi connectivity index (χ3v) is 3.39. The SMILES string of the molecule is C=Cc1ccc(C)c(C)c1Nc1ccccc1C. The number of benzene rings is 2. The minimum absolute atomic E-state index is 1.14. The molecule has 0 aromatic heterocycles. The molecular formula is C17H19N. The molecule has 0 aliphatic heterocycles. The largest absolute Gasteiger partial charge is 0.355 e. The van der Waals surface area contributed by atoms with Gasteiger partial charge in [0.15, 0.2) is 0 Å². The first-order valence-electron chi connectivity index (χ1n) is 6.18. The molecule has 2 aromatic rings. The van der Waals surface area contributed by atoms with Crippen molar-refractivity contribution in [1.29, 1.82) is 0 Å². The third-order valence-electron chi connectivity index (χ3n) is 3.39. The number of rotatable bonds is 3. The second-order valence-corrected chi connectivity index (χ2v) is 4.62. The lowest BCUT2D eigenvalue weighted by molar-refractivity contribution is 1.31. The molecule has 1 nitrogen and oxygen atoms in total. The van der Waals surface area contributed by atoms with Crippen LogP contribution in [0, 0.1) is 20.8 Å². The molecule has 0 spiro atoms. The van der Waals surface area contributed by atoms with E-state index in [2.05, 4.69) is 63.0 Å². The first-order chi connectivity index (χ1) is 8.63. The number of aryl methyl sites for hydroxylation is 2. The quantitative estimate of drug-likeness (QED) is 0.792. The van der Waals surface area contributed by atoms with E-state index in [-0.39, 0.29) is 0 Å². The van der Waals surface area contributed by atoms with Crippen molar-refractivity contribution in [2.75, 3.05) is 5.32 Å². The Morgan fingerprint density at radius 3 is 2.33 bits per heavy atom. The molecule has 92 valence electrons. The number of hydrogen-bond donors (Lipinski definition) is 1. The van der Waals surface area contributed by atoms with Crippen LogP contribution in [0.4, 0.5) is 11.4 Å². The van der Waals surface area contributed by atoms with Crippen molar-refractivity contribution in [2.24, 2.45) is 0 Å². The van der Waals surface area contributed by atoms with E-state index in [0.717, 1.165) is 16.9 Å². The zero-order chi connectivity index (χ0) is 13.1. The monoisotopic (exact) mass is 237 g/mol. The molecule has 0 saturated heterocycles. The number of nitrogens with one attached hydrogen (secondary N) is 1. The summed E-state index contributed by atoms with van der Waals surface area (Å²) in [4.78, 5) is 0. The van der Waals surface area contributed by atoms with Gasteiger partial charge in [0.1, 0.15) is 0 Å². The van der Waals surface area contributed by atoms with Crippen LogP contribution in [0.15, 0.2) is 43.0 Å². The summed E-state index contributed by atoms with van der Waals surface area (Å²) in [6.07, 6.45) is 1.90. The highest BCUT2D eigenvalue weighted by atomic mass is 14.9. The van der Waals surface area contributed by atoms with Gasteiger partial charge in [-0.05, 0) is 49.1 Å². The lowest BCUT2D eigenvalue weighted by Gasteiger charge is -2.16. The van der Waals surface area contributed by atoms with Gasteiger partial charge in [-0.25, -0.2) is 0 Å². The Kier molecular flexibility index (Phi) is 3.52. The second kappa shape index (κ2) is 5.09. The Morgan fingerprint density at radius 2 is 1.67 bits per heavy atom. The van der Waals surface area contributed by atoms with Gasteiger partial charge in [-0.1, -0.05) is 43.0 Å². The maximum absolute atomic E-state index is 3.89. The van der Waals surface area contributed by atoms with Crippen LogP contribution in [0.5, 0.6) is 0 Å². The van der Waals surface area contributed by atoms with Gasteiger partial charge >= 0.3 is 0 Å². The van der Waals surface area contributed by atoms with E-state index in [0.29, 0.717) is 0 Å². The van der Waals surface area contributed by atoms with Crippen LogP contribution in [0.2, 0.25) is 0 Å². The fourth-order valence-electron chi connectivity index (χ4n) is 2.02. The van der Waals surface area contributed by atoms with Crippen LogP contribution in [-0.4, -0.2) is 0 Å². The molecule has 0 aliphatic rings. The summed E-state index contributed by atoms with van der Waals surface area (Å²) in [5, 5.41) is 3.53. The first kappa shape index (κ1) is 12.4. The first-order valence-corrected chi connectivity index (χ1v) is 6.18. The minimum atomic E-state index is 1.14. The highest BCUT2D eigenvalue weighted by Gasteiger charge is 2.07. The molecule has 0 unspecified atom stereocenters. The van der Waals surface area contributed by atoms with Crippen molar-refractivity contribution in [3.8, 4) is 0 Å². The normalized spacial score (nSPS) is 10.2. The highest BCUT2D eigenvalue weighted by Crippen LogP contribution is 2.29. The maximum Gasteiger partial charge on any atom is 0.0490 e. The molecule has 0 amide bonds. The zero-order valence-electron chi connectivity index (χ0n) is 11.2. The van der Waals surface area contributed by atoms with Gasteiger partial charge in [-0.15, -0.1) is 0 Å². The topological polar surface area (TPSA) is 12.0 Å². The molecule has 2 aromatic carbocycles. The van der Waals surface area contributed by atoms with Crippen LogP contribution < -0.4 is 5.32 Å². The highest BCUT2D eigenvalue weighted by molar-refractivity contribution is 5.76. The van der Waals surface area contributed by atoms with Crippen LogP contribution in [-0.2, 0) is 0 Å². The van der Waals surface area contributed by atoms with E-state index in [1.165, 1.54) is 16.7 Å². The zero-order valence-corrected chi connectivity index (χ0v) is 11.2. The molecule has 0 radical (unpaired) electrons. The Hall–Kier alpha value is -2.02. The molecule has 0 heterocycles. The summed E-state index contributed by atoms with van der Waals surface area (Å²) in [6.45, 7) is 10.3. The lowest BCUT2D eigenvalue weighted by Crippen LogP contribution is -1.99. The summed E-state index contributed by atoms with van der Waals surface area (Å²) in [6, 6.07) is 12.6.